The van der Waals surface area contributed by atoms with Crippen molar-refractivity contribution in [3.63, 3.8) is 0 Å². The summed E-state index contributed by atoms with van der Waals surface area (Å²) in [5.41, 5.74) is 0.841. The monoisotopic (exact) mass is 444 g/mol. The summed E-state index contributed by atoms with van der Waals surface area (Å²) in [6.45, 7) is 2.13. The lowest BCUT2D eigenvalue weighted by molar-refractivity contribution is 0.0886. The highest BCUT2D eigenvalue weighted by Crippen LogP contribution is 2.27. The SMILES string of the molecule is CNc1cc(Nc2cccn(-c3ccccn3)c2=O)nc2c(C(=O)NC3CCC3C)cnn12. The van der Waals surface area contributed by atoms with Gasteiger partial charge in [0.1, 0.15) is 28.7 Å². The van der Waals surface area contributed by atoms with Crippen molar-refractivity contribution in [3.8, 4) is 5.82 Å². The number of hydrogen-bond donors (Lipinski definition) is 3. The van der Waals surface area contributed by atoms with Gasteiger partial charge < -0.3 is 16.0 Å². The van der Waals surface area contributed by atoms with Gasteiger partial charge in [0.05, 0.1) is 6.20 Å². The second-order valence-electron chi connectivity index (χ2n) is 8.11. The van der Waals surface area contributed by atoms with Crippen LogP contribution < -0.4 is 21.5 Å². The van der Waals surface area contributed by atoms with Crippen molar-refractivity contribution in [2.45, 2.75) is 25.8 Å². The zero-order chi connectivity index (χ0) is 22.9. The number of anilines is 3. The largest absolute Gasteiger partial charge is 0.373 e. The summed E-state index contributed by atoms with van der Waals surface area (Å²) in [6.07, 6.45) is 6.90. The Morgan fingerprint density at radius 1 is 1.18 bits per heavy atom. The molecule has 0 bridgehead atoms. The maximum atomic E-state index is 13.0. The van der Waals surface area contributed by atoms with Gasteiger partial charge in [-0.3, -0.25) is 14.2 Å². The highest BCUT2D eigenvalue weighted by molar-refractivity contribution is 6.00. The lowest BCUT2D eigenvalue weighted by Gasteiger charge is -2.34. The molecule has 4 aromatic rings. The van der Waals surface area contributed by atoms with Gasteiger partial charge >= 0.3 is 0 Å². The molecular weight excluding hydrogens is 420 g/mol. The molecule has 10 heteroatoms. The van der Waals surface area contributed by atoms with E-state index in [2.05, 4.69) is 37.9 Å². The maximum absolute atomic E-state index is 13.0. The molecule has 0 aliphatic heterocycles. The smallest absolute Gasteiger partial charge is 0.279 e. The normalized spacial score (nSPS) is 17.4. The minimum Gasteiger partial charge on any atom is -0.373 e. The van der Waals surface area contributed by atoms with Crippen LogP contribution in [0.1, 0.15) is 30.1 Å². The van der Waals surface area contributed by atoms with Crippen LogP contribution in [-0.4, -0.2) is 43.1 Å². The van der Waals surface area contributed by atoms with E-state index in [0.717, 1.165) is 12.8 Å². The molecule has 4 heterocycles. The Kier molecular flexibility index (Phi) is 5.25. The van der Waals surface area contributed by atoms with E-state index in [1.54, 1.807) is 54.3 Å². The first kappa shape index (κ1) is 20.7. The van der Waals surface area contributed by atoms with Crippen molar-refractivity contribution in [1.82, 2.24) is 29.5 Å². The number of carbonyl (C=O) groups is 1. The molecule has 2 atom stereocenters. The zero-order valence-electron chi connectivity index (χ0n) is 18.3. The number of fused-ring (bicyclic) bond motifs is 1. The van der Waals surface area contributed by atoms with Gasteiger partial charge in [0.2, 0.25) is 0 Å². The van der Waals surface area contributed by atoms with Crippen LogP contribution in [0, 0.1) is 5.92 Å². The predicted octanol–water partition coefficient (Wildman–Crippen LogP) is 2.59. The van der Waals surface area contributed by atoms with Crippen LogP contribution in [0.2, 0.25) is 0 Å². The van der Waals surface area contributed by atoms with Crippen LogP contribution in [-0.2, 0) is 0 Å². The molecule has 1 aliphatic rings. The molecule has 1 aliphatic carbocycles. The Balaban J connectivity index is 1.50. The fourth-order valence-electron chi connectivity index (χ4n) is 3.90. The van der Waals surface area contributed by atoms with Crippen molar-refractivity contribution in [2.75, 3.05) is 17.7 Å². The molecular formula is C23H24N8O2. The summed E-state index contributed by atoms with van der Waals surface area (Å²) in [7, 11) is 1.76. The number of pyridine rings is 2. The molecule has 4 aromatic heterocycles. The molecule has 168 valence electrons. The predicted molar refractivity (Wildman–Crippen MR) is 125 cm³/mol. The van der Waals surface area contributed by atoms with Gasteiger partial charge in [0.25, 0.3) is 11.5 Å². The first-order valence-corrected chi connectivity index (χ1v) is 10.8. The molecule has 3 N–H and O–H groups in total. The van der Waals surface area contributed by atoms with Crippen molar-refractivity contribution in [2.24, 2.45) is 5.92 Å². The van der Waals surface area contributed by atoms with Crippen LogP contribution in [0.25, 0.3) is 11.5 Å². The summed E-state index contributed by atoms with van der Waals surface area (Å²) in [5, 5.41) is 13.6. The van der Waals surface area contributed by atoms with Gasteiger partial charge in [-0.2, -0.15) is 9.61 Å². The van der Waals surface area contributed by atoms with Gasteiger partial charge in [0, 0.05) is 31.5 Å². The Morgan fingerprint density at radius 3 is 2.76 bits per heavy atom. The van der Waals surface area contributed by atoms with Gasteiger partial charge in [-0.1, -0.05) is 13.0 Å². The number of hydrogen-bond acceptors (Lipinski definition) is 7. The number of amides is 1. The Bertz CT molecular complexity index is 1380. The van der Waals surface area contributed by atoms with Crippen molar-refractivity contribution in [1.29, 1.82) is 0 Å². The molecule has 1 fully saturated rings. The lowest BCUT2D eigenvalue weighted by atomic mass is 9.81. The average Bonchev–Trinajstić information content (AvgIpc) is 3.27. The molecule has 0 spiro atoms. The van der Waals surface area contributed by atoms with Gasteiger partial charge in [-0.25, -0.2) is 9.97 Å². The topological polar surface area (TPSA) is 118 Å². The van der Waals surface area contributed by atoms with Crippen molar-refractivity contribution in [3.05, 3.63) is 70.9 Å². The third-order valence-corrected chi connectivity index (χ3v) is 6.02. The molecule has 0 radical (unpaired) electrons. The number of nitrogens with one attached hydrogen (secondary N) is 3. The Hall–Kier alpha value is -4.21. The standard InChI is InChI=1S/C23H24N8O2/c1-14-8-9-16(14)28-22(32)15-13-26-31-20(24-2)12-18(29-21(15)31)27-17-6-5-11-30(23(17)33)19-7-3-4-10-25-19/h3-7,10-14,16,24H,8-9H2,1-2H3,(H,27,29)(H,28,32). The Labute approximate surface area is 189 Å². The second-order valence-corrected chi connectivity index (χ2v) is 8.11. The van der Waals surface area contributed by atoms with Crippen LogP contribution in [0.3, 0.4) is 0 Å². The quantitative estimate of drug-likeness (QED) is 0.418. The number of nitrogens with zero attached hydrogens (tertiary/aromatic N) is 5. The first-order valence-electron chi connectivity index (χ1n) is 10.8. The van der Waals surface area contributed by atoms with E-state index in [9.17, 15) is 9.59 Å². The van der Waals surface area contributed by atoms with E-state index in [1.165, 1.54) is 10.8 Å². The minimum absolute atomic E-state index is 0.173. The molecule has 10 nitrogen and oxygen atoms in total. The highest BCUT2D eigenvalue weighted by atomic mass is 16.2. The zero-order valence-corrected chi connectivity index (χ0v) is 18.3. The third kappa shape index (κ3) is 3.79. The summed E-state index contributed by atoms with van der Waals surface area (Å²) >= 11 is 0. The molecule has 33 heavy (non-hydrogen) atoms. The number of carbonyl (C=O) groups excluding carboxylic acids is 1. The van der Waals surface area contributed by atoms with E-state index >= 15 is 0 Å². The molecule has 1 saturated carbocycles. The average molecular weight is 444 g/mol. The second kappa shape index (κ2) is 8.38. The summed E-state index contributed by atoms with van der Waals surface area (Å²) in [4.78, 5) is 34.8. The molecule has 2 unspecified atom stereocenters. The molecule has 1 amide bonds. The van der Waals surface area contributed by atoms with Crippen molar-refractivity contribution >= 4 is 28.9 Å². The van der Waals surface area contributed by atoms with Crippen LogP contribution in [0.4, 0.5) is 17.3 Å². The van der Waals surface area contributed by atoms with E-state index in [4.69, 9.17) is 0 Å². The maximum Gasteiger partial charge on any atom is 0.279 e. The van der Waals surface area contributed by atoms with Gasteiger partial charge in [-0.05, 0) is 43.0 Å². The van der Waals surface area contributed by atoms with Crippen LogP contribution in [0.5, 0.6) is 0 Å². The molecule has 5 rings (SSSR count). The Morgan fingerprint density at radius 2 is 2.06 bits per heavy atom. The van der Waals surface area contributed by atoms with E-state index in [0.29, 0.717) is 40.3 Å². The van der Waals surface area contributed by atoms with Gasteiger partial charge in [0.15, 0.2) is 5.65 Å². The summed E-state index contributed by atoms with van der Waals surface area (Å²) < 4.78 is 3.03. The number of aromatic nitrogens is 5. The third-order valence-electron chi connectivity index (χ3n) is 6.02. The fourth-order valence-corrected chi connectivity index (χ4v) is 3.90. The summed E-state index contributed by atoms with van der Waals surface area (Å²) in [6, 6.07) is 10.7. The highest BCUT2D eigenvalue weighted by Gasteiger charge is 2.29. The summed E-state index contributed by atoms with van der Waals surface area (Å²) in [5.74, 6) is 1.82. The van der Waals surface area contributed by atoms with E-state index < -0.39 is 0 Å². The van der Waals surface area contributed by atoms with Gasteiger partial charge in [-0.15, -0.1) is 0 Å². The number of rotatable bonds is 6. The minimum atomic E-state index is -0.269. The van der Waals surface area contributed by atoms with Crippen LogP contribution in [0.15, 0.2) is 59.8 Å². The first-order chi connectivity index (χ1) is 16.0. The lowest BCUT2D eigenvalue weighted by Crippen LogP contribution is -2.45. The van der Waals surface area contributed by atoms with E-state index in [-0.39, 0.29) is 17.5 Å². The fraction of sp³-hybridized carbons (Fsp3) is 0.261. The van der Waals surface area contributed by atoms with Crippen molar-refractivity contribution < 1.29 is 4.79 Å². The van der Waals surface area contributed by atoms with E-state index in [1.807, 2.05) is 6.07 Å². The van der Waals surface area contributed by atoms with Crippen LogP contribution >= 0.6 is 0 Å². The molecule has 0 aromatic carbocycles. The molecule has 0 saturated heterocycles.